The number of aliphatic hydroxyl groups excluding tert-OH is 1. The summed E-state index contributed by atoms with van der Waals surface area (Å²) in [6.07, 6.45) is -0.741. The number of aliphatic carboxylic acids is 1. The van der Waals surface area contributed by atoms with E-state index in [0.29, 0.717) is 12.3 Å². The molecule has 1 aliphatic heterocycles. The molecule has 9 heteroatoms. The van der Waals surface area contributed by atoms with E-state index in [-0.39, 0.29) is 18.0 Å². The van der Waals surface area contributed by atoms with Crippen LogP contribution < -0.4 is 10.1 Å². The number of hydrogen-bond donors (Lipinski definition) is 3. The number of ether oxygens (including phenoxy) is 1. The highest BCUT2D eigenvalue weighted by molar-refractivity contribution is 7.89. The van der Waals surface area contributed by atoms with Crippen molar-refractivity contribution in [3.05, 3.63) is 24.3 Å². The SMILES string of the molecule is CC(O)C#CCOc1ccc(S(=O)(=O)N2CCNC(C)C2C(=O)O)cc1. The number of nitrogens with one attached hydrogen (secondary N) is 1. The molecule has 0 spiro atoms. The number of benzene rings is 1. The highest BCUT2D eigenvalue weighted by Gasteiger charge is 2.41. The van der Waals surface area contributed by atoms with E-state index in [4.69, 9.17) is 9.84 Å². The minimum atomic E-state index is -3.95. The normalized spacial score (nSPS) is 22.1. The number of rotatable bonds is 5. The van der Waals surface area contributed by atoms with Crippen LogP contribution in [-0.2, 0) is 14.8 Å². The minimum Gasteiger partial charge on any atom is -0.481 e. The Labute approximate surface area is 152 Å². The summed E-state index contributed by atoms with van der Waals surface area (Å²) in [6.45, 7) is 3.71. The molecule has 1 fully saturated rings. The second kappa shape index (κ2) is 8.51. The van der Waals surface area contributed by atoms with Crippen LogP contribution in [0, 0.1) is 11.8 Å². The third-order valence-corrected chi connectivity index (χ3v) is 5.78. The average Bonchev–Trinajstić information content (AvgIpc) is 2.58. The van der Waals surface area contributed by atoms with Crippen molar-refractivity contribution in [1.82, 2.24) is 9.62 Å². The average molecular weight is 382 g/mol. The Balaban J connectivity index is 2.16. The summed E-state index contributed by atoms with van der Waals surface area (Å²) in [7, 11) is -3.95. The maximum atomic E-state index is 12.8. The van der Waals surface area contributed by atoms with Gasteiger partial charge in [-0.1, -0.05) is 11.8 Å². The van der Waals surface area contributed by atoms with Crippen molar-refractivity contribution in [1.29, 1.82) is 0 Å². The molecule has 1 aromatic carbocycles. The first-order valence-corrected chi connectivity index (χ1v) is 9.55. The number of aliphatic hydroxyl groups is 1. The molecule has 3 N–H and O–H groups in total. The predicted octanol–water partition coefficient (Wildman–Crippen LogP) is -0.115. The summed E-state index contributed by atoms with van der Waals surface area (Å²) in [6, 6.07) is 4.06. The Morgan fingerprint density at radius 2 is 2.08 bits per heavy atom. The monoisotopic (exact) mass is 382 g/mol. The number of carboxylic acid groups (broad SMARTS) is 1. The van der Waals surface area contributed by atoms with E-state index in [1.165, 1.54) is 31.2 Å². The van der Waals surface area contributed by atoms with E-state index in [9.17, 15) is 18.3 Å². The first-order valence-electron chi connectivity index (χ1n) is 8.11. The third kappa shape index (κ3) is 4.74. The smallest absolute Gasteiger partial charge is 0.323 e. The van der Waals surface area contributed by atoms with Crippen molar-refractivity contribution in [2.24, 2.45) is 0 Å². The van der Waals surface area contributed by atoms with Crippen molar-refractivity contribution in [2.75, 3.05) is 19.7 Å². The van der Waals surface area contributed by atoms with Gasteiger partial charge in [-0.15, -0.1) is 0 Å². The quantitative estimate of drug-likeness (QED) is 0.608. The minimum absolute atomic E-state index is 0.000245. The van der Waals surface area contributed by atoms with Crippen LogP contribution in [0.25, 0.3) is 0 Å². The van der Waals surface area contributed by atoms with Crippen molar-refractivity contribution in [3.63, 3.8) is 0 Å². The van der Waals surface area contributed by atoms with Gasteiger partial charge in [0, 0.05) is 19.1 Å². The Bertz CT molecular complexity index is 795. The molecule has 0 aliphatic carbocycles. The highest BCUT2D eigenvalue weighted by atomic mass is 32.2. The largest absolute Gasteiger partial charge is 0.481 e. The molecule has 8 nitrogen and oxygen atoms in total. The molecule has 0 saturated carbocycles. The van der Waals surface area contributed by atoms with E-state index in [1.807, 2.05) is 0 Å². The van der Waals surface area contributed by atoms with Gasteiger partial charge < -0.3 is 20.3 Å². The fraction of sp³-hybridized carbons (Fsp3) is 0.471. The van der Waals surface area contributed by atoms with Crippen LogP contribution in [0.1, 0.15) is 13.8 Å². The lowest BCUT2D eigenvalue weighted by Gasteiger charge is -2.36. The van der Waals surface area contributed by atoms with Crippen LogP contribution in [0.15, 0.2) is 29.2 Å². The molecule has 1 heterocycles. The summed E-state index contributed by atoms with van der Waals surface area (Å²) < 4.78 is 32.0. The molecule has 3 unspecified atom stereocenters. The zero-order chi connectivity index (χ0) is 19.3. The van der Waals surface area contributed by atoms with Crippen molar-refractivity contribution in [2.45, 2.75) is 36.9 Å². The van der Waals surface area contributed by atoms with Gasteiger partial charge in [-0.2, -0.15) is 4.31 Å². The molecule has 2 rings (SSSR count). The molecule has 0 bridgehead atoms. The van der Waals surface area contributed by atoms with Crippen LogP contribution >= 0.6 is 0 Å². The maximum Gasteiger partial charge on any atom is 0.323 e. The molecule has 1 aliphatic rings. The second-order valence-electron chi connectivity index (χ2n) is 5.90. The second-order valence-corrected chi connectivity index (χ2v) is 7.79. The van der Waals surface area contributed by atoms with Gasteiger partial charge in [-0.25, -0.2) is 8.42 Å². The lowest BCUT2D eigenvalue weighted by Crippen LogP contribution is -2.61. The Morgan fingerprint density at radius 1 is 1.42 bits per heavy atom. The van der Waals surface area contributed by atoms with Crippen LogP contribution in [0.2, 0.25) is 0 Å². The standard InChI is InChI=1S/C17H22N2O6S/c1-12(20)4-3-11-25-14-5-7-15(8-6-14)26(23,24)19-10-9-18-13(2)16(19)17(21)22/h5-8,12-13,16,18,20H,9-11H2,1-2H3,(H,21,22). The van der Waals surface area contributed by atoms with Gasteiger partial charge in [-0.3, -0.25) is 4.79 Å². The van der Waals surface area contributed by atoms with E-state index in [0.717, 1.165) is 4.31 Å². The van der Waals surface area contributed by atoms with E-state index in [2.05, 4.69) is 17.2 Å². The third-order valence-electron chi connectivity index (χ3n) is 3.89. The summed E-state index contributed by atoms with van der Waals surface area (Å²) >= 11 is 0. The molecule has 3 atom stereocenters. The Hall–Kier alpha value is -2.12. The maximum absolute atomic E-state index is 12.8. The molecular weight excluding hydrogens is 360 g/mol. The van der Waals surface area contributed by atoms with Gasteiger partial charge in [0.05, 0.1) is 4.90 Å². The van der Waals surface area contributed by atoms with Gasteiger partial charge in [0.2, 0.25) is 10.0 Å². The lowest BCUT2D eigenvalue weighted by molar-refractivity contribution is -0.143. The molecule has 1 aromatic rings. The molecule has 0 aromatic heterocycles. The van der Waals surface area contributed by atoms with Crippen LogP contribution in [0.4, 0.5) is 0 Å². The number of sulfonamides is 1. The van der Waals surface area contributed by atoms with E-state index < -0.39 is 34.2 Å². The number of nitrogens with zero attached hydrogens (tertiary/aromatic N) is 1. The van der Waals surface area contributed by atoms with Gasteiger partial charge in [0.1, 0.15) is 24.5 Å². The zero-order valence-electron chi connectivity index (χ0n) is 14.5. The predicted molar refractivity (Wildman–Crippen MR) is 94.2 cm³/mol. The molecule has 26 heavy (non-hydrogen) atoms. The Morgan fingerprint density at radius 3 is 2.65 bits per heavy atom. The number of carbonyl (C=O) groups is 1. The van der Waals surface area contributed by atoms with Crippen molar-refractivity contribution < 1.29 is 28.2 Å². The zero-order valence-corrected chi connectivity index (χ0v) is 15.4. The molecule has 0 amide bonds. The molecular formula is C17H22N2O6S. The van der Waals surface area contributed by atoms with Crippen molar-refractivity contribution >= 4 is 16.0 Å². The highest BCUT2D eigenvalue weighted by Crippen LogP contribution is 2.23. The van der Waals surface area contributed by atoms with Gasteiger partial charge >= 0.3 is 5.97 Å². The van der Waals surface area contributed by atoms with Crippen LogP contribution in [-0.4, -0.2) is 66.8 Å². The first kappa shape index (κ1) is 20.2. The summed E-state index contributed by atoms with van der Waals surface area (Å²) in [5, 5.41) is 21.4. The fourth-order valence-electron chi connectivity index (χ4n) is 2.66. The summed E-state index contributed by atoms with van der Waals surface area (Å²) in [4.78, 5) is 11.5. The fourth-order valence-corrected chi connectivity index (χ4v) is 4.32. The Kier molecular flexibility index (Phi) is 6.61. The molecule has 0 radical (unpaired) electrons. The van der Waals surface area contributed by atoms with Gasteiger partial charge in [0.25, 0.3) is 0 Å². The van der Waals surface area contributed by atoms with Gasteiger partial charge in [-0.05, 0) is 38.1 Å². The number of piperazine rings is 1. The topological polar surface area (TPSA) is 116 Å². The summed E-state index contributed by atoms with van der Waals surface area (Å²) in [5.74, 6) is 4.40. The lowest BCUT2D eigenvalue weighted by atomic mass is 10.1. The van der Waals surface area contributed by atoms with Crippen LogP contribution in [0.5, 0.6) is 5.75 Å². The van der Waals surface area contributed by atoms with Crippen LogP contribution in [0.3, 0.4) is 0 Å². The van der Waals surface area contributed by atoms with E-state index >= 15 is 0 Å². The number of carboxylic acids is 1. The number of hydrogen-bond acceptors (Lipinski definition) is 6. The van der Waals surface area contributed by atoms with Crippen molar-refractivity contribution in [3.8, 4) is 17.6 Å². The molecule has 1 saturated heterocycles. The van der Waals surface area contributed by atoms with Gasteiger partial charge in [0.15, 0.2) is 0 Å². The first-order chi connectivity index (χ1) is 12.2. The summed E-state index contributed by atoms with van der Waals surface area (Å²) in [5.41, 5.74) is 0. The molecule has 142 valence electrons. The van der Waals surface area contributed by atoms with E-state index in [1.54, 1.807) is 6.92 Å².